The van der Waals surface area contributed by atoms with E-state index in [-0.39, 0.29) is 5.91 Å². The van der Waals surface area contributed by atoms with Crippen LogP contribution in [0.5, 0.6) is 0 Å². The third-order valence-electron chi connectivity index (χ3n) is 8.24. The summed E-state index contributed by atoms with van der Waals surface area (Å²) in [7, 11) is 0. The minimum atomic E-state index is -0.135. The molecule has 8 nitrogen and oxygen atoms in total. The van der Waals surface area contributed by atoms with Gasteiger partial charge in [0.2, 0.25) is 0 Å². The lowest BCUT2D eigenvalue weighted by molar-refractivity contribution is -0.114. The van der Waals surface area contributed by atoms with Crippen LogP contribution in [0, 0.1) is 0 Å². The summed E-state index contributed by atoms with van der Waals surface area (Å²) < 4.78 is 0. The summed E-state index contributed by atoms with van der Waals surface area (Å²) in [4.78, 5) is 25.3. The molecular formula is C31H35N7O. The number of piperidine rings is 1. The molecule has 0 spiro atoms. The third kappa shape index (κ3) is 5.04. The van der Waals surface area contributed by atoms with Gasteiger partial charge in [-0.15, -0.1) is 0 Å². The molecule has 0 radical (unpaired) electrons. The highest BCUT2D eigenvalue weighted by Crippen LogP contribution is 2.35. The monoisotopic (exact) mass is 521 g/mol. The van der Waals surface area contributed by atoms with E-state index in [9.17, 15) is 4.79 Å². The molecule has 0 aliphatic carbocycles. The summed E-state index contributed by atoms with van der Waals surface area (Å²) in [6.45, 7) is 6.40. The first-order chi connectivity index (χ1) is 19.2. The number of hydrazine groups is 1. The molecule has 8 heteroatoms. The molecule has 0 bridgehead atoms. The van der Waals surface area contributed by atoms with Gasteiger partial charge in [0, 0.05) is 55.6 Å². The highest BCUT2D eigenvalue weighted by molar-refractivity contribution is 6.22. The Kier molecular flexibility index (Phi) is 6.32. The van der Waals surface area contributed by atoms with E-state index in [1.54, 1.807) is 6.20 Å². The van der Waals surface area contributed by atoms with Gasteiger partial charge in [-0.1, -0.05) is 6.07 Å². The average Bonchev–Trinajstić information content (AvgIpc) is 3.57. The fraction of sp³-hybridized carbons (Fsp3) is 0.355. The number of hydrogen-bond acceptors (Lipinski definition) is 7. The molecule has 3 fully saturated rings. The topological polar surface area (TPSA) is 75.5 Å². The summed E-state index contributed by atoms with van der Waals surface area (Å²) in [5.74, 6) is -0.135. The number of rotatable bonds is 6. The van der Waals surface area contributed by atoms with E-state index in [0.717, 1.165) is 67.3 Å². The third-order valence-corrected chi connectivity index (χ3v) is 8.24. The molecule has 5 aliphatic heterocycles. The van der Waals surface area contributed by atoms with Crippen LogP contribution in [0.15, 0.2) is 78.3 Å². The van der Waals surface area contributed by atoms with Gasteiger partial charge in [-0.3, -0.25) is 14.7 Å². The van der Waals surface area contributed by atoms with Crippen LogP contribution >= 0.6 is 0 Å². The predicted octanol–water partition coefficient (Wildman–Crippen LogP) is 4.16. The molecule has 1 amide bonds. The van der Waals surface area contributed by atoms with Gasteiger partial charge in [0.1, 0.15) is 0 Å². The van der Waals surface area contributed by atoms with Gasteiger partial charge < -0.3 is 26.0 Å². The number of fused-ring (bicyclic) bond motifs is 2. The molecule has 200 valence electrons. The molecule has 39 heavy (non-hydrogen) atoms. The maximum absolute atomic E-state index is 13.6. The van der Waals surface area contributed by atoms with Crippen LogP contribution in [-0.2, 0) is 11.3 Å². The minimum absolute atomic E-state index is 0.135. The lowest BCUT2D eigenvalue weighted by Gasteiger charge is -2.29. The number of carbonyl (C=O) groups is 1. The van der Waals surface area contributed by atoms with Gasteiger partial charge in [0.25, 0.3) is 5.91 Å². The van der Waals surface area contributed by atoms with Crippen molar-refractivity contribution in [2.75, 3.05) is 38.1 Å². The largest absolute Gasteiger partial charge is 0.370 e. The van der Waals surface area contributed by atoms with Crippen molar-refractivity contribution in [3.05, 3.63) is 89.4 Å². The Balaban J connectivity index is 1.09. The number of carbonyl (C=O) groups excluding carboxylic acids is 1. The molecule has 3 N–H and O–H groups in total. The standard InChI is InChI=1S/C31H35N7O/c39-31(34-25-7-9-29(30-21-38(30)20-25)37-12-2-1-3-13-37)27-18-33-35-28-8-6-23(15-26(27)28)24-14-22(16-32-17-24)19-36-10-4-5-11-36/h6-9,14-18,20,33,35H,1-5,10-13,19,21H2,(H,34,39). The van der Waals surface area contributed by atoms with Gasteiger partial charge in [-0.25, -0.2) is 0 Å². The number of pyridine rings is 1. The van der Waals surface area contributed by atoms with Crippen molar-refractivity contribution in [1.29, 1.82) is 0 Å². The zero-order valence-corrected chi connectivity index (χ0v) is 22.2. The van der Waals surface area contributed by atoms with E-state index in [1.165, 1.54) is 49.1 Å². The van der Waals surface area contributed by atoms with Crippen molar-refractivity contribution in [2.45, 2.75) is 38.6 Å². The molecule has 2 aromatic rings. The Morgan fingerprint density at radius 3 is 2.67 bits per heavy atom. The summed E-state index contributed by atoms with van der Waals surface area (Å²) in [5, 5.41) is 3.15. The first-order valence-corrected chi connectivity index (χ1v) is 14.2. The molecule has 7 rings (SSSR count). The second-order valence-electron chi connectivity index (χ2n) is 11.0. The van der Waals surface area contributed by atoms with E-state index < -0.39 is 0 Å². The van der Waals surface area contributed by atoms with Gasteiger partial charge in [0.15, 0.2) is 0 Å². The SMILES string of the molecule is O=C(NC1=CN2CC2=C(N2CCCCC2)C=C1)C1=CNNc2ccc(-c3cncc(CN4CCCC4)c3)cc21. The summed E-state index contributed by atoms with van der Waals surface area (Å²) in [6, 6.07) is 8.41. The fourth-order valence-corrected chi connectivity index (χ4v) is 6.09. The van der Waals surface area contributed by atoms with Crippen LogP contribution in [0.25, 0.3) is 16.7 Å². The molecule has 1 aromatic carbocycles. The number of aromatic nitrogens is 1. The molecule has 1 aromatic heterocycles. The van der Waals surface area contributed by atoms with E-state index in [4.69, 9.17) is 0 Å². The Labute approximate surface area is 229 Å². The summed E-state index contributed by atoms with van der Waals surface area (Å²) in [5.41, 5.74) is 15.3. The number of likely N-dealkylation sites (tertiary alicyclic amines) is 2. The van der Waals surface area contributed by atoms with Crippen molar-refractivity contribution in [3.63, 3.8) is 0 Å². The number of allylic oxidation sites excluding steroid dienone is 2. The van der Waals surface area contributed by atoms with E-state index in [1.807, 2.05) is 30.7 Å². The number of nitrogens with one attached hydrogen (secondary N) is 3. The van der Waals surface area contributed by atoms with Crippen LogP contribution in [0.3, 0.4) is 0 Å². The smallest absolute Gasteiger partial charge is 0.257 e. The molecule has 0 unspecified atom stereocenters. The molecule has 5 aliphatic rings. The Morgan fingerprint density at radius 2 is 1.79 bits per heavy atom. The number of benzene rings is 1. The maximum atomic E-state index is 13.6. The highest BCUT2D eigenvalue weighted by atomic mass is 16.1. The van der Waals surface area contributed by atoms with Crippen molar-refractivity contribution in [3.8, 4) is 11.1 Å². The molecule has 0 saturated carbocycles. The lowest BCUT2D eigenvalue weighted by Crippen LogP contribution is -2.29. The quantitative estimate of drug-likeness (QED) is 0.493. The number of amides is 1. The van der Waals surface area contributed by atoms with Crippen LogP contribution in [-0.4, -0.2) is 58.3 Å². The van der Waals surface area contributed by atoms with Gasteiger partial charge in [0.05, 0.1) is 34.9 Å². The number of anilines is 1. The first kappa shape index (κ1) is 24.0. The highest BCUT2D eigenvalue weighted by Gasteiger charge is 2.32. The minimum Gasteiger partial charge on any atom is -0.370 e. The predicted molar refractivity (Wildman–Crippen MR) is 153 cm³/mol. The van der Waals surface area contributed by atoms with Crippen LogP contribution in [0.1, 0.15) is 43.2 Å². The average molecular weight is 522 g/mol. The van der Waals surface area contributed by atoms with Gasteiger partial charge in [-0.2, -0.15) is 0 Å². The van der Waals surface area contributed by atoms with Crippen LogP contribution in [0.2, 0.25) is 0 Å². The Hall–Kier alpha value is -4.04. The lowest BCUT2D eigenvalue weighted by atomic mass is 9.96. The van der Waals surface area contributed by atoms with Crippen molar-refractivity contribution in [2.24, 2.45) is 0 Å². The number of hydrogen-bond donors (Lipinski definition) is 3. The van der Waals surface area contributed by atoms with Gasteiger partial charge >= 0.3 is 0 Å². The molecule has 6 heterocycles. The van der Waals surface area contributed by atoms with Crippen molar-refractivity contribution >= 4 is 17.2 Å². The normalized spacial score (nSPS) is 20.3. The number of nitrogens with zero attached hydrogens (tertiary/aromatic N) is 4. The van der Waals surface area contributed by atoms with Crippen molar-refractivity contribution < 1.29 is 4.79 Å². The van der Waals surface area contributed by atoms with E-state index in [0.29, 0.717) is 5.57 Å². The summed E-state index contributed by atoms with van der Waals surface area (Å²) in [6.07, 6.45) is 18.2. The molecule has 0 atom stereocenters. The zero-order chi connectivity index (χ0) is 26.2. The van der Waals surface area contributed by atoms with E-state index >= 15 is 0 Å². The zero-order valence-electron chi connectivity index (χ0n) is 22.2. The maximum Gasteiger partial charge on any atom is 0.257 e. The molecular weight excluding hydrogens is 486 g/mol. The fourth-order valence-electron chi connectivity index (χ4n) is 6.09. The summed E-state index contributed by atoms with van der Waals surface area (Å²) >= 11 is 0. The first-order valence-electron chi connectivity index (χ1n) is 14.2. The second-order valence-corrected chi connectivity index (χ2v) is 11.0. The van der Waals surface area contributed by atoms with Crippen molar-refractivity contribution in [1.82, 2.24) is 30.4 Å². The Bertz CT molecular complexity index is 1410. The van der Waals surface area contributed by atoms with Crippen LogP contribution in [0.4, 0.5) is 5.69 Å². The van der Waals surface area contributed by atoms with Crippen LogP contribution < -0.4 is 16.2 Å². The Morgan fingerprint density at radius 1 is 0.949 bits per heavy atom. The van der Waals surface area contributed by atoms with Gasteiger partial charge in [-0.05, 0) is 86.7 Å². The van der Waals surface area contributed by atoms with E-state index in [2.05, 4.69) is 60.1 Å². The second kappa shape index (κ2) is 10.3. The molecule has 3 saturated heterocycles.